The Morgan fingerprint density at radius 3 is 2.04 bits per heavy atom. The number of rotatable bonds is 12. The first-order valence-corrected chi connectivity index (χ1v) is 11.2. The van der Waals surface area contributed by atoms with Crippen molar-refractivity contribution in [3.8, 4) is 11.5 Å². The second-order valence-electron chi connectivity index (χ2n) is 6.90. The first-order valence-electron chi connectivity index (χ1n) is 9.82. The van der Waals surface area contributed by atoms with Gasteiger partial charge in [0.05, 0.1) is 4.90 Å². The van der Waals surface area contributed by atoms with Crippen molar-refractivity contribution in [2.75, 3.05) is 0 Å². The van der Waals surface area contributed by atoms with Crippen LogP contribution in [0.25, 0.3) is 0 Å². The topological polar surface area (TPSA) is 66.4 Å². The van der Waals surface area contributed by atoms with Gasteiger partial charge < -0.3 is 9.29 Å². The van der Waals surface area contributed by atoms with E-state index < -0.39 is 10.1 Å². The number of unbranched alkanes of at least 4 members (excludes halogenated alkanes) is 7. The maximum Gasteiger partial charge on any atom is 1.00 e. The maximum atomic E-state index is 11.0. The minimum Gasteiger partial charge on any atom is -0.744 e. The summed E-state index contributed by atoms with van der Waals surface area (Å²) < 4.78 is 38.7. The van der Waals surface area contributed by atoms with Crippen molar-refractivity contribution >= 4 is 10.1 Å². The molecule has 0 spiro atoms. The van der Waals surface area contributed by atoms with Crippen LogP contribution in [0.2, 0.25) is 0 Å². The van der Waals surface area contributed by atoms with Gasteiger partial charge in [0.15, 0.2) is 0 Å². The molecule has 0 heterocycles. The van der Waals surface area contributed by atoms with E-state index in [2.05, 4.69) is 13.0 Å². The summed E-state index contributed by atoms with van der Waals surface area (Å²) in [6, 6.07) is 13.5. The van der Waals surface area contributed by atoms with Gasteiger partial charge in [0.25, 0.3) is 0 Å². The zero-order chi connectivity index (χ0) is 19.5. The van der Waals surface area contributed by atoms with Crippen molar-refractivity contribution in [3.05, 3.63) is 54.1 Å². The molecule has 6 heteroatoms. The maximum absolute atomic E-state index is 11.0. The molecule has 0 N–H and O–H groups in total. The molecule has 0 fully saturated rings. The second kappa shape index (κ2) is 13.9. The van der Waals surface area contributed by atoms with Crippen molar-refractivity contribution in [1.29, 1.82) is 0 Å². The van der Waals surface area contributed by atoms with Crippen LogP contribution in [0.1, 0.15) is 63.9 Å². The van der Waals surface area contributed by atoms with Crippen molar-refractivity contribution in [2.24, 2.45) is 0 Å². The molecule has 0 aliphatic carbocycles. The van der Waals surface area contributed by atoms with Gasteiger partial charge in [0.1, 0.15) is 21.6 Å². The molecule has 4 nitrogen and oxygen atoms in total. The molecule has 0 saturated carbocycles. The van der Waals surface area contributed by atoms with Gasteiger partial charge in [-0.25, -0.2) is 8.42 Å². The van der Waals surface area contributed by atoms with E-state index in [9.17, 15) is 13.0 Å². The Hall–Kier alpha value is -0.214. The van der Waals surface area contributed by atoms with E-state index in [0.717, 1.165) is 6.42 Å². The van der Waals surface area contributed by atoms with E-state index in [1.165, 1.54) is 81.2 Å². The van der Waals surface area contributed by atoms with Gasteiger partial charge >= 0.3 is 51.4 Å². The third-order valence-corrected chi connectivity index (χ3v) is 5.42. The third kappa shape index (κ3) is 10.0. The quantitative estimate of drug-likeness (QED) is 0.296. The fourth-order valence-electron chi connectivity index (χ4n) is 3.04. The molecular weight excluding hydrogens is 399 g/mol. The number of ether oxygens (including phenoxy) is 1. The van der Waals surface area contributed by atoms with E-state index in [1.807, 2.05) is 18.2 Å². The largest absolute Gasteiger partial charge is 1.00 e. The molecule has 0 radical (unpaired) electrons. The van der Waals surface area contributed by atoms with E-state index in [0.29, 0.717) is 11.5 Å². The summed E-state index contributed by atoms with van der Waals surface area (Å²) in [5.41, 5.74) is 1.23. The predicted octanol–water partition coefficient (Wildman–Crippen LogP) is 3.07. The Labute approximate surface area is 212 Å². The van der Waals surface area contributed by atoms with Gasteiger partial charge in [-0.2, -0.15) is 0 Å². The van der Waals surface area contributed by atoms with Crippen LogP contribution in [0.15, 0.2) is 53.4 Å². The molecule has 0 aliphatic rings. The fraction of sp³-hybridized carbons (Fsp3) is 0.455. The molecule has 0 aromatic heterocycles. The van der Waals surface area contributed by atoms with Crippen molar-refractivity contribution in [2.45, 2.75) is 69.6 Å². The molecule has 0 atom stereocenters. The number of aryl methyl sites for hydroxylation is 1. The van der Waals surface area contributed by atoms with Crippen LogP contribution in [-0.2, 0) is 16.5 Å². The summed E-state index contributed by atoms with van der Waals surface area (Å²) >= 11 is 0. The Kier molecular flexibility index (Phi) is 12.8. The summed E-state index contributed by atoms with van der Waals surface area (Å²) in [5, 5.41) is 0. The molecule has 28 heavy (non-hydrogen) atoms. The van der Waals surface area contributed by atoms with Crippen molar-refractivity contribution in [3.63, 3.8) is 0 Å². The zero-order valence-electron chi connectivity index (χ0n) is 17.0. The van der Waals surface area contributed by atoms with Crippen molar-refractivity contribution < 1.29 is 69.1 Å². The van der Waals surface area contributed by atoms with Crippen LogP contribution >= 0.6 is 0 Å². The molecule has 0 unspecified atom stereocenters. The normalized spacial score (nSPS) is 11.1. The van der Waals surface area contributed by atoms with Crippen LogP contribution in [0, 0.1) is 0 Å². The first-order chi connectivity index (χ1) is 13.0. The summed E-state index contributed by atoms with van der Waals surface area (Å²) in [5.74, 6) is 1.22. The average Bonchev–Trinajstić information content (AvgIpc) is 2.64. The van der Waals surface area contributed by atoms with Crippen LogP contribution in [0.4, 0.5) is 0 Å². The number of hydrogen-bond donors (Lipinski definition) is 0. The molecule has 0 amide bonds. The number of hydrogen-bond acceptors (Lipinski definition) is 4. The van der Waals surface area contributed by atoms with Gasteiger partial charge in [-0.3, -0.25) is 0 Å². The molecular formula is C22H29KO4S. The van der Waals surface area contributed by atoms with E-state index in [1.54, 1.807) is 0 Å². The Balaban J connectivity index is 0.00000392. The van der Waals surface area contributed by atoms with Crippen molar-refractivity contribution in [1.82, 2.24) is 0 Å². The average molecular weight is 429 g/mol. The molecule has 2 aromatic carbocycles. The SMILES string of the molecule is CCCCCCCCCCc1cccc(Oc2ccc(S(=O)(=O)[O-])cc2)c1.[K+]. The summed E-state index contributed by atoms with van der Waals surface area (Å²) in [6.45, 7) is 2.24. The molecule has 2 aromatic rings. The molecule has 2 rings (SSSR count). The fourth-order valence-corrected chi connectivity index (χ4v) is 3.51. The van der Waals surface area contributed by atoms with E-state index in [4.69, 9.17) is 4.74 Å². The van der Waals surface area contributed by atoms with Crippen LogP contribution < -0.4 is 56.1 Å². The van der Waals surface area contributed by atoms with Gasteiger partial charge in [-0.15, -0.1) is 0 Å². The summed E-state index contributed by atoms with van der Waals surface area (Å²) in [7, 11) is -4.43. The minimum atomic E-state index is -4.43. The zero-order valence-corrected chi connectivity index (χ0v) is 21.0. The molecule has 0 saturated heterocycles. The Morgan fingerprint density at radius 2 is 1.43 bits per heavy atom. The molecule has 0 bridgehead atoms. The van der Waals surface area contributed by atoms with E-state index >= 15 is 0 Å². The summed E-state index contributed by atoms with van der Waals surface area (Å²) in [4.78, 5) is -0.252. The smallest absolute Gasteiger partial charge is 0.744 e. The van der Waals surface area contributed by atoms with Gasteiger partial charge in [0, 0.05) is 0 Å². The third-order valence-electron chi connectivity index (χ3n) is 4.57. The summed E-state index contributed by atoms with van der Waals surface area (Å²) in [6.07, 6.45) is 11.4. The monoisotopic (exact) mass is 428 g/mol. The predicted molar refractivity (Wildman–Crippen MR) is 107 cm³/mol. The van der Waals surface area contributed by atoms with Gasteiger partial charge in [-0.1, -0.05) is 64.0 Å². The van der Waals surface area contributed by atoms with E-state index in [-0.39, 0.29) is 56.3 Å². The van der Waals surface area contributed by atoms with Gasteiger partial charge in [-0.05, 0) is 54.8 Å². The number of benzene rings is 2. The minimum absolute atomic E-state index is 0. The first kappa shape index (κ1) is 25.8. The van der Waals surface area contributed by atoms with Gasteiger partial charge in [0.2, 0.25) is 0 Å². The van der Waals surface area contributed by atoms with Crippen LogP contribution in [-0.4, -0.2) is 13.0 Å². The second-order valence-corrected chi connectivity index (χ2v) is 8.28. The van der Waals surface area contributed by atoms with Crippen LogP contribution in [0.3, 0.4) is 0 Å². The Morgan fingerprint density at radius 1 is 0.821 bits per heavy atom. The Bertz CT molecular complexity index is 788. The molecule has 148 valence electrons. The van der Waals surface area contributed by atoms with Crippen LogP contribution in [0.5, 0.6) is 11.5 Å². The standard InChI is InChI=1S/C22H30O4S.K/c1-2-3-4-5-6-7-8-9-11-19-12-10-13-21(18-19)26-20-14-16-22(17-15-20)27(23,24)25;/h10,12-18H,2-9,11H2,1H3,(H,23,24,25);/q;+1/p-1. The molecule has 0 aliphatic heterocycles.